The van der Waals surface area contributed by atoms with Gasteiger partial charge < -0.3 is 5.73 Å². The third-order valence-corrected chi connectivity index (χ3v) is 2.83. The minimum absolute atomic E-state index is 0.191. The molecule has 0 amide bonds. The molecule has 3 rings (SSSR count). The SMILES string of the molecule is NC(c1cccnc1)c1cnn2ccccc12. The first kappa shape index (κ1) is 9.99. The maximum atomic E-state index is 6.23. The summed E-state index contributed by atoms with van der Waals surface area (Å²) < 4.78 is 1.82. The summed E-state index contributed by atoms with van der Waals surface area (Å²) in [5.74, 6) is 0. The lowest BCUT2D eigenvalue weighted by Crippen LogP contribution is -2.11. The minimum Gasteiger partial charge on any atom is -0.320 e. The zero-order chi connectivity index (χ0) is 11.7. The average molecular weight is 224 g/mol. The predicted molar refractivity (Wildman–Crippen MR) is 65.5 cm³/mol. The van der Waals surface area contributed by atoms with Crippen LogP contribution in [-0.2, 0) is 0 Å². The van der Waals surface area contributed by atoms with Gasteiger partial charge in [-0.2, -0.15) is 5.10 Å². The summed E-state index contributed by atoms with van der Waals surface area (Å²) in [6.07, 6.45) is 7.26. The fourth-order valence-electron chi connectivity index (χ4n) is 1.93. The first-order valence-corrected chi connectivity index (χ1v) is 5.44. The van der Waals surface area contributed by atoms with E-state index >= 15 is 0 Å². The Hall–Kier alpha value is -2.20. The van der Waals surface area contributed by atoms with Gasteiger partial charge >= 0.3 is 0 Å². The summed E-state index contributed by atoms with van der Waals surface area (Å²) in [6.45, 7) is 0. The van der Waals surface area contributed by atoms with E-state index in [1.807, 2.05) is 47.2 Å². The second-order valence-corrected chi connectivity index (χ2v) is 3.89. The van der Waals surface area contributed by atoms with Crippen LogP contribution in [0.3, 0.4) is 0 Å². The van der Waals surface area contributed by atoms with Gasteiger partial charge in [0, 0.05) is 24.2 Å². The summed E-state index contributed by atoms with van der Waals surface area (Å²) in [5.41, 5.74) is 9.27. The number of nitrogens with two attached hydrogens (primary N) is 1. The zero-order valence-corrected chi connectivity index (χ0v) is 9.19. The minimum atomic E-state index is -0.191. The van der Waals surface area contributed by atoms with Gasteiger partial charge in [-0.15, -0.1) is 0 Å². The molecule has 0 aliphatic carbocycles. The molecule has 0 aliphatic heterocycles. The van der Waals surface area contributed by atoms with E-state index in [4.69, 9.17) is 5.73 Å². The highest BCUT2D eigenvalue weighted by atomic mass is 15.2. The summed E-state index contributed by atoms with van der Waals surface area (Å²) in [6, 6.07) is 9.61. The fraction of sp³-hybridized carbons (Fsp3) is 0.0769. The Morgan fingerprint density at radius 2 is 2.06 bits per heavy atom. The van der Waals surface area contributed by atoms with Crippen molar-refractivity contribution < 1.29 is 0 Å². The molecule has 0 aromatic carbocycles. The van der Waals surface area contributed by atoms with Crippen molar-refractivity contribution in [2.45, 2.75) is 6.04 Å². The highest BCUT2D eigenvalue weighted by molar-refractivity contribution is 5.56. The van der Waals surface area contributed by atoms with E-state index in [9.17, 15) is 0 Å². The molecule has 4 nitrogen and oxygen atoms in total. The van der Waals surface area contributed by atoms with Crippen LogP contribution in [0.4, 0.5) is 0 Å². The van der Waals surface area contributed by atoms with E-state index in [2.05, 4.69) is 10.1 Å². The van der Waals surface area contributed by atoms with Gasteiger partial charge in [0.05, 0.1) is 17.8 Å². The number of pyridine rings is 2. The summed E-state index contributed by atoms with van der Waals surface area (Å²) in [5, 5.41) is 4.28. The molecule has 0 aliphatic rings. The van der Waals surface area contributed by atoms with Gasteiger partial charge in [-0.3, -0.25) is 4.98 Å². The number of hydrogen-bond acceptors (Lipinski definition) is 3. The zero-order valence-electron chi connectivity index (χ0n) is 9.19. The van der Waals surface area contributed by atoms with E-state index in [1.54, 1.807) is 12.4 Å². The lowest BCUT2D eigenvalue weighted by molar-refractivity contribution is 0.871. The number of rotatable bonds is 2. The summed E-state index contributed by atoms with van der Waals surface area (Å²) in [7, 11) is 0. The molecule has 3 aromatic heterocycles. The summed E-state index contributed by atoms with van der Waals surface area (Å²) >= 11 is 0. The van der Waals surface area contributed by atoms with Crippen molar-refractivity contribution in [3.05, 3.63) is 66.2 Å². The predicted octanol–water partition coefficient (Wildman–Crippen LogP) is 1.78. The van der Waals surface area contributed by atoms with Crippen LogP contribution in [0.1, 0.15) is 17.2 Å². The number of nitrogens with zero attached hydrogens (tertiary/aromatic N) is 3. The Bertz CT molecular complexity index is 630. The van der Waals surface area contributed by atoms with E-state index in [0.717, 1.165) is 16.6 Å². The van der Waals surface area contributed by atoms with Gasteiger partial charge in [-0.05, 0) is 23.8 Å². The van der Waals surface area contributed by atoms with Crippen molar-refractivity contribution in [1.29, 1.82) is 0 Å². The van der Waals surface area contributed by atoms with Crippen molar-refractivity contribution in [2.75, 3.05) is 0 Å². The van der Waals surface area contributed by atoms with Gasteiger partial charge in [0.15, 0.2) is 0 Å². The highest BCUT2D eigenvalue weighted by Crippen LogP contribution is 2.22. The lowest BCUT2D eigenvalue weighted by Gasteiger charge is -2.09. The highest BCUT2D eigenvalue weighted by Gasteiger charge is 2.13. The van der Waals surface area contributed by atoms with Crippen LogP contribution in [-0.4, -0.2) is 14.6 Å². The molecule has 0 radical (unpaired) electrons. The van der Waals surface area contributed by atoms with Crippen LogP contribution >= 0.6 is 0 Å². The third kappa shape index (κ3) is 1.68. The molecule has 0 spiro atoms. The fourth-order valence-corrected chi connectivity index (χ4v) is 1.93. The Morgan fingerprint density at radius 1 is 1.12 bits per heavy atom. The first-order chi connectivity index (χ1) is 8.36. The van der Waals surface area contributed by atoms with Gasteiger partial charge in [0.1, 0.15) is 0 Å². The normalized spacial score (nSPS) is 12.8. The van der Waals surface area contributed by atoms with E-state index in [1.165, 1.54) is 0 Å². The smallest absolute Gasteiger partial charge is 0.0712 e. The van der Waals surface area contributed by atoms with E-state index in [0.29, 0.717) is 0 Å². The second-order valence-electron chi connectivity index (χ2n) is 3.89. The summed E-state index contributed by atoms with van der Waals surface area (Å²) in [4.78, 5) is 4.09. The third-order valence-electron chi connectivity index (χ3n) is 2.83. The van der Waals surface area contributed by atoms with Crippen LogP contribution in [0, 0.1) is 0 Å². The maximum absolute atomic E-state index is 6.23. The lowest BCUT2D eigenvalue weighted by atomic mass is 10.0. The molecule has 1 atom stereocenters. The van der Waals surface area contributed by atoms with Gasteiger partial charge in [-0.25, -0.2) is 4.52 Å². The van der Waals surface area contributed by atoms with Crippen molar-refractivity contribution in [3.8, 4) is 0 Å². The quantitative estimate of drug-likeness (QED) is 0.721. The largest absolute Gasteiger partial charge is 0.320 e. The molecular formula is C13H12N4. The maximum Gasteiger partial charge on any atom is 0.0712 e. The van der Waals surface area contributed by atoms with Crippen molar-refractivity contribution in [3.63, 3.8) is 0 Å². The molecule has 0 bridgehead atoms. The van der Waals surface area contributed by atoms with E-state index in [-0.39, 0.29) is 6.04 Å². The van der Waals surface area contributed by atoms with Crippen LogP contribution in [0.15, 0.2) is 55.1 Å². The van der Waals surface area contributed by atoms with Gasteiger partial charge in [-0.1, -0.05) is 12.1 Å². The number of aromatic nitrogens is 3. The number of fused-ring (bicyclic) bond motifs is 1. The Kier molecular flexibility index (Phi) is 2.34. The van der Waals surface area contributed by atoms with E-state index < -0.39 is 0 Å². The molecule has 2 N–H and O–H groups in total. The van der Waals surface area contributed by atoms with Crippen molar-refractivity contribution in [1.82, 2.24) is 14.6 Å². The Morgan fingerprint density at radius 3 is 2.88 bits per heavy atom. The number of hydrogen-bond donors (Lipinski definition) is 1. The Labute approximate surface area is 98.7 Å². The molecule has 84 valence electrons. The monoisotopic (exact) mass is 224 g/mol. The van der Waals surface area contributed by atoms with Gasteiger partial charge in [0.25, 0.3) is 0 Å². The molecule has 0 fully saturated rings. The van der Waals surface area contributed by atoms with Crippen molar-refractivity contribution >= 4 is 5.52 Å². The van der Waals surface area contributed by atoms with Gasteiger partial charge in [0.2, 0.25) is 0 Å². The second kappa shape index (κ2) is 3.99. The molecule has 4 heteroatoms. The molecule has 0 saturated carbocycles. The first-order valence-electron chi connectivity index (χ1n) is 5.44. The molecule has 17 heavy (non-hydrogen) atoms. The van der Waals surface area contributed by atoms with Crippen LogP contribution in [0.25, 0.3) is 5.52 Å². The average Bonchev–Trinajstić information content (AvgIpc) is 2.83. The Balaban J connectivity index is 2.10. The molecule has 0 saturated heterocycles. The van der Waals surface area contributed by atoms with Crippen LogP contribution in [0.2, 0.25) is 0 Å². The topological polar surface area (TPSA) is 56.2 Å². The molecular weight excluding hydrogens is 212 g/mol. The molecule has 3 aromatic rings. The molecule has 1 unspecified atom stereocenters. The van der Waals surface area contributed by atoms with Crippen LogP contribution in [0.5, 0.6) is 0 Å². The molecule has 3 heterocycles. The van der Waals surface area contributed by atoms with Crippen molar-refractivity contribution in [2.24, 2.45) is 5.73 Å². The van der Waals surface area contributed by atoms with Crippen LogP contribution < -0.4 is 5.73 Å². The standard InChI is InChI=1S/C13H12N4/c14-13(10-4-3-6-15-8-10)11-9-16-17-7-2-1-5-12(11)17/h1-9,13H,14H2.